The Labute approximate surface area is 107 Å². The lowest BCUT2D eigenvalue weighted by Crippen LogP contribution is -2.18. The van der Waals surface area contributed by atoms with E-state index in [4.69, 9.17) is 18.0 Å². The van der Waals surface area contributed by atoms with Gasteiger partial charge in [0.2, 0.25) is 0 Å². The molecule has 1 aliphatic carbocycles. The number of hydrogen-bond acceptors (Lipinski definition) is 3. The number of nitrogens with two attached hydrogens (primary N) is 1. The quantitative estimate of drug-likeness (QED) is 0.841. The van der Waals surface area contributed by atoms with Gasteiger partial charge in [-0.3, -0.25) is 0 Å². The molecule has 17 heavy (non-hydrogen) atoms. The van der Waals surface area contributed by atoms with Crippen molar-refractivity contribution in [1.82, 2.24) is 0 Å². The van der Waals surface area contributed by atoms with Crippen LogP contribution in [0.2, 0.25) is 0 Å². The SMILES string of the molecule is CCS(=O)(=O)[C@H]1[C@@H](C(N)=S)[C@@H]1c1ccccc1. The predicted molar refractivity (Wildman–Crippen MR) is 72.7 cm³/mol. The van der Waals surface area contributed by atoms with Gasteiger partial charge in [-0.25, -0.2) is 8.42 Å². The summed E-state index contributed by atoms with van der Waals surface area (Å²) in [5.41, 5.74) is 6.64. The van der Waals surface area contributed by atoms with Gasteiger partial charge in [0.1, 0.15) is 0 Å². The van der Waals surface area contributed by atoms with Crippen LogP contribution in [0.5, 0.6) is 0 Å². The molecule has 5 heteroatoms. The summed E-state index contributed by atoms with van der Waals surface area (Å²) in [4.78, 5) is 0.306. The highest BCUT2D eigenvalue weighted by molar-refractivity contribution is 7.92. The van der Waals surface area contributed by atoms with E-state index in [9.17, 15) is 8.42 Å². The smallest absolute Gasteiger partial charge is 0.154 e. The second-order valence-electron chi connectivity index (χ2n) is 4.28. The summed E-state index contributed by atoms with van der Waals surface area (Å²) in [5, 5.41) is -0.424. The summed E-state index contributed by atoms with van der Waals surface area (Å²) >= 11 is 4.97. The first-order valence-electron chi connectivity index (χ1n) is 5.55. The van der Waals surface area contributed by atoms with Crippen LogP contribution in [0.25, 0.3) is 0 Å². The third-order valence-corrected chi connectivity index (χ3v) is 5.78. The van der Waals surface area contributed by atoms with Crippen molar-refractivity contribution in [1.29, 1.82) is 0 Å². The highest BCUT2D eigenvalue weighted by Crippen LogP contribution is 2.52. The maximum Gasteiger partial charge on any atom is 0.154 e. The fourth-order valence-electron chi connectivity index (χ4n) is 2.33. The van der Waals surface area contributed by atoms with Crippen LogP contribution in [0.1, 0.15) is 18.4 Å². The van der Waals surface area contributed by atoms with Gasteiger partial charge < -0.3 is 5.73 Å². The van der Waals surface area contributed by atoms with Crippen molar-refractivity contribution >= 4 is 27.0 Å². The van der Waals surface area contributed by atoms with Crippen LogP contribution in [-0.4, -0.2) is 24.4 Å². The van der Waals surface area contributed by atoms with Crippen LogP contribution in [0, 0.1) is 5.92 Å². The average molecular weight is 269 g/mol. The number of benzene rings is 1. The molecule has 1 saturated carbocycles. The van der Waals surface area contributed by atoms with E-state index in [1.54, 1.807) is 6.92 Å². The van der Waals surface area contributed by atoms with Gasteiger partial charge >= 0.3 is 0 Å². The second kappa shape index (κ2) is 4.38. The zero-order valence-corrected chi connectivity index (χ0v) is 11.2. The minimum Gasteiger partial charge on any atom is -0.393 e. The Morgan fingerprint density at radius 2 is 1.94 bits per heavy atom. The lowest BCUT2D eigenvalue weighted by Gasteiger charge is -1.99. The molecule has 1 aromatic carbocycles. The molecule has 1 aromatic rings. The number of hydrogen-bond donors (Lipinski definition) is 1. The van der Waals surface area contributed by atoms with Crippen molar-refractivity contribution in [3.8, 4) is 0 Å². The molecule has 0 saturated heterocycles. The Balaban J connectivity index is 2.34. The summed E-state index contributed by atoms with van der Waals surface area (Å²) in [6.07, 6.45) is 0. The molecule has 0 heterocycles. The largest absolute Gasteiger partial charge is 0.393 e. The van der Waals surface area contributed by atoms with E-state index in [1.165, 1.54) is 0 Å². The maximum absolute atomic E-state index is 11.9. The average Bonchev–Trinajstić information content (AvgIpc) is 3.06. The standard InChI is InChI=1S/C12H15NO2S2/c1-2-17(14,15)11-9(10(11)12(13)16)8-6-4-3-5-7-8/h3-7,9-11H,2H2,1H3,(H2,13,16)/t9-,10-,11+/m0/s1. The first-order chi connectivity index (χ1) is 7.99. The molecular formula is C12H15NO2S2. The van der Waals surface area contributed by atoms with Crippen LogP contribution in [-0.2, 0) is 9.84 Å². The van der Waals surface area contributed by atoms with Gasteiger partial charge in [0.05, 0.1) is 10.2 Å². The topological polar surface area (TPSA) is 60.2 Å². The number of rotatable bonds is 4. The van der Waals surface area contributed by atoms with E-state index in [0.29, 0.717) is 4.99 Å². The van der Waals surface area contributed by atoms with Gasteiger partial charge in [0.25, 0.3) is 0 Å². The van der Waals surface area contributed by atoms with Gasteiger partial charge in [0.15, 0.2) is 9.84 Å². The number of thiocarbonyl (C=S) groups is 1. The van der Waals surface area contributed by atoms with Crippen molar-refractivity contribution in [2.45, 2.75) is 18.1 Å². The Morgan fingerprint density at radius 1 is 1.35 bits per heavy atom. The summed E-state index contributed by atoms with van der Waals surface area (Å²) in [6, 6.07) is 9.58. The Morgan fingerprint density at radius 3 is 2.41 bits per heavy atom. The molecule has 0 unspecified atom stereocenters. The van der Waals surface area contributed by atoms with Gasteiger partial charge in [-0.2, -0.15) is 0 Å². The predicted octanol–water partition coefficient (Wildman–Crippen LogP) is 1.49. The molecule has 0 aliphatic heterocycles. The Kier molecular flexibility index (Phi) is 3.23. The highest BCUT2D eigenvalue weighted by atomic mass is 32.2. The zero-order chi connectivity index (χ0) is 12.6. The van der Waals surface area contributed by atoms with E-state index in [0.717, 1.165) is 5.56 Å². The summed E-state index contributed by atoms with van der Waals surface area (Å²) in [7, 11) is -3.08. The molecule has 1 fully saturated rings. The van der Waals surface area contributed by atoms with E-state index in [2.05, 4.69) is 0 Å². The Bertz CT molecular complexity index is 525. The molecule has 0 bridgehead atoms. The summed E-state index contributed by atoms with van der Waals surface area (Å²) < 4.78 is 23.9. The molecule has 2 N–H and O–H groups in total. The lowest BCUT2D eigenvalue weighted by molar-refractivity contribution is 0.594. The fraction of sp³-hybridized carbons (Fsp3) is 0.417. The van der Waals surface area contributed by atoms with Crippen LogP contribution in [0.15, 0.2) is 30.3 Å². The normalized spacial score (nSPS) is 27.7. The summed E-state index contributed by atoms with van der Waals surface area (Å²) in [5.74, 6) is -0.115. The molecule has 92 valence electrons. The van der Waals surface area contributed by atoms with Crippen LogP contribution >= 0.6 is 12.2 Å². The van der Waals surface area contributed by atoms with Gasteiger partial charge in [-0.1, -0.05) is 49.5 Å². The van der Waals surface area contributed by atoms with Gasteiger partial charge in [-0.05, 0) is 5.56 Å². The van der Waals surface area contributed by atoms with Crippen LogP contribution < -0.4 is 5.73 Å². The monoisotopic (exact) mass is 269 g/mol. The molecule has 3 atom stereocenters. The summed E-state index contributed by atoms with van der Waals surface area (Å²) in [6.45, 7) is 1.66. The van der Waals surface area contributed by atoms with Crippen molar-refractivity contribution in [3.05, 3.63) is 35.9 Å². The minimum atomic E-state index is -3.08. The first-order valence-corrected chi connectivity index (χ1v) is 7.67. The molecule has 2 rings (SSSR count). The third-order valence-electron chi connectivity index (χ3n) is 3.28. The highest BCUT2D eigenvalue weighted by Gasteiger charge is 2.59. The van der Waals surface area contributed by atoms with Gasteiger partial charge in [-0.15, -0.1) is 0 Å². The molecule has 0 amide bonds. The molecule has 1 aliphatic rings. The molecular weight excluding hydrogens is 254 g/mol. The molecule has 0 radical (unpaired) electrons. The fourth-order valence-corrected chi connectivity index (χ4v) is 4.54. The molecule has 0 spiro atoms. The molecule has 0 aromatic heterocycles. The third kappa shape index (κ3) is 2.21. The minimum absolute atomic E-state index is 0.0568. The van der Waals surface area contributed by atoms with Crippen molar-refractivity contribution < 1.29 is 8.42 Å². The molecule has 3 nitrogen and oxygen atoms in total. The van der Waals surface area contributed by atoms with E-state index < -0.39 is 15.1 Å². The van der Waals surface area contributed by atoms with Gasteiger partial charge in [0, 0.05) is 17.6 Å². The van der Waals surface area contributed by atoms with Crippen LogP contribution in [0.3, 0.4) is 0 Å². The maximum atomic E-state index is 11.9. The van der Waals surface area contributed by atoms with E-state index in [-0.39, 0.29) is 17.6 Å². The first kappa shape index (κ1) is 12.5. The van der Waals surface area contributed by atoms with Crippen molar-refractivity contribution in [2.24, 2.45) is 11.7 Å². The van der Waals surface area contributed by atoms with E-state index in [1.807, 2.05) is 30.3 Å². The number of sulfone groups is 1. The van der Waals surface area contributed by atoms with E-state index >= 15 is 0 Å². The zero-order valence-electron chi connectivity index (χ0n) is 9.54. The second-order valence-corrected chi connectivity index (χ2v) is 7.20. The van der Waals surface area contributed by atoms with Crippen molar-refractivity contribution in [2.75, 3.05) is 5.75 Å². The van der Waals surface area contributed by atoms with Crippen molar-refractivity contribution in [3.63, 3.8) is 0 Å². The van der Waals surface area contributed by atoms with Crippen LogP contribution in [0.4, 0.5) is 0 Å². The lowest BCUT2D eigenvalue weighted by atomic mass is 10.1. The Hall–Kier alpha value is -0.940.